The van der Waals surface area contributed by atoms with Crippen molar-refractivity contribution in [3.8, 4) is 11.5 Å². The van der Waals surface area contributed by atoms with Crippen LogP contribution in [-0.4, -0.2) is 28.7 Å². The Bertz CT molecular complexity index is 884. The van der Waals surface area contributed by atoms with E-state index in [2.05, 4.69) is 20.8 Å². The van der Waals surface area contributed by atoms with E-state index < -0.39 is 6.29 Å². The summed E-state index contributed by atoms with van der Waals surface area (Å²) < 4.78 is 12.8. The van der Waals surface area contributed by atoms with Crippen molar-refractivity contribution >= 4 is 0 Å². The molecule has 2 bridgehead atoms. The Morgan fingerprint density at radius 3 is 2.53 bits per heavy atom. The Labute approximate surface area is 180 Å². The number of hydrogen-bond donors (Lipinski definition) is 2. The second-order valence-electron chi connectivity index (χ2n) is 11.9. The minimum Gasteiger partial charge on any atom is -0.508 e. The maximum atomic E-state index is 10.8. The van der Waals surface area contributed by atoms with E-state index in [0.29, 0.717) is 23.5 Å². The summed E-state index contributed by atoms with van der Waals surface area (Å²) in [5.41, 5.74) is 1.30. The topological polar surface area (TPSA) is 58.9 Å². The summed E-state index contributed by atoms with van der Waals surface area (Å²) in [5.74, 6) is 2.89. The molecule has 1 aromatic carbocycles. The van der Waals surface area contributed by atoms with Gasteiger partial charge in [0, 0.05) is 16.7 Å². The summed E-state index contributed by atoms with van der Waals surface area (Å²) >= 11 is 0. The van der Waals surface area contributed by atoms with Crippen LogP contribution in [0, 0.1) is 34.0 Å². The zero-order valence-corrected chi connectivity index (χ0v) is 18.6. The summed E-state index contributed by atoms with van der Waals surface area (Å²) in [6, 6.07) is 5.59. The lowest BCUT2D eigenvalue weighted by atomic mass is 9.36. The highest BCUT2D eigenvalue weighted by atomic mass is 16.6. The Balaban J connectivity index is 1.42. The Morgan fingerprint density at radius 2 is 1.70 bits per heavy atom. The van der Waals surface area contributed by atoms with Crippen molar-refractivity contribution in [2.75, 3.05) is 6.61 Å². The van der Waals surface area contributed by atoms with E-state index in [1.807, 2.05) is 12.1 Å². The third-order valence-corrected chi connectivity index (χ3v) is 10.7. The zero-order valence-electron chi connectivity index (χ0n) is 18.6. The highest BCUT2D eigenvalue weighted by Crippen LogP contribution is 2.72. The number of aromatic hydroxyl groups is 1. The fourth-order valence-corrected chi connectivity index (χ4v) is 9.32. The molecule has 30 heavy (non-hydrogen) atoms. The number of phenolic OH excluding ortho intramolecular Hbond substituents is 1. The Morgan fingerprint density at radius 1 is 0.933 bits per heavy atom. The zero-order chi connectivity index (χ0) is 20.9. The van der Waals surface area contributed by atoms with Gasteiger partial charge in [0.25, 0.3) is 0 Å². The van der Waals surface area contributed by atoms with Gasteiger partial charge >= 0.3 is 0 Å². The molecule has 164 valence electrons. The van der Waals surface area contributed by atoms with E-state index in [0.717, 1.165) is 37.2 Å². The summed E-state index contributed by atoms with van der Waals surface area (Å²) in [6.07, 6.45) is 8.54. The lowest BCUT2D eigenvalue weighted by molar-refractivity contribution is -0.327. The van der Waals surface area contributed by atoms with Gasteiger partial charge in [-0.15, -0.1) is 0 Å². The van der Waals surface area contributed by atoms with E-state index in [1.54, 1.807) is 6.07 Å². The number of ether oxygens (including phenoxy) is 2. The summed E-state index contributed by atoms with van der Waals surface area (Å²) in [5, 5.41) is 20.8. The lowest BCUT2D eigenvalue weighted by Crippen LogP contribution is -2.69. The molecule has 3 saturated carbocycles. The molecule has 3 aliphatic carbocycles. The van der Waals surface area contributed by atoms with Gasteiger partial charge < -0.3 is 19.7 Å². The van der Waals surface area contributed by atoms with Gasteiger partial charge in [0.15, 0.2) is 6.29 Å². The van der Waals surface area contributed by atoms with Gasteiger partial charge in [-0.1, -0.05) is 20.3 Å². The Kier molecular flexibility index (Phi) is 3.85. The minimum absolute atomic E-state index is 0.0972. The maximum Gasteiger partial charge on any atom is 0.160 e. The predicted octanol–water partition coefficient (Wildman–Crippen LogP) is 5.05. The molecule has 6 rings (SSSR count). The van der Waals surface area contributed by atoms with E-state index in [1.165, 1.54) is 32.1 Å². The third kappa shape index (κ3) is 2.25. The average Bonchev–Trinajstić information content (AvgIpc) is 2.70. The van der Waals surface area contributed by atoms with Crippen molar-refractivity contribution in [1.82, 2.24) is 0 Å². The number of aliphatic hydroxyl groups excluding tert-OH is 1. The van der Waals surface area contributed by atoms with E-state index in [9.17, 15) is 10.2 Å². The van der Waals surface area contributed by atoms with Crippen LogP contribution >= 0.6 is 0 Å². The van der Waals surface area contributed by atoms with E-state index in [-0.39, 0.29) is 21.8 Å². The highest BCUT2D eigenvalue weighted by Gasteiger charge is 2.70. The van der Waals surface area contributed by atoms with Crippen LogP contribution in [0.4, 0.5) is 0 Å². The van der Waals surface area contributed by atoms with Gasteiger partial charge in [-0.3, -0.25) is 0 Å². The van der Waals surface area contributed by atoms with Crippen LogP contribution in [0.5, 0.6) is 11.5 Å². The third-order valence-electron chi connectivity index (χ3n) is 10.7. The second-order valence-corrected chi connectivity index (χ2v) is 11.9. The fourth-order valence-electron chi connectivity index (χ4n) is 9.32. The molecule has 2 N–H and O–H groups in total. The first-order valence-corrected chi connectivity index (χ1v) is 12.0. The first-order chi connectivity index (χ1) is 14.2. The van der Waals surface area contributed by atoms with Gasteiger partial charge in [-0.05, 0) is 92.9 Å². The quantitative estimate of drug-likeness (QED) is 0.626. The first kappa shape index (κ1) is 19.4. The number of phenols is 1. The van der Waals surface area contributed by atoms with Gasteiger partial charge in [0.05, 0.1) is 6.61 Å². The molecule has 1 saturated heterocycles. The van der Waals surface area contributed by atoms with Crippen molar-refractivity contribution in [2.45, 2.75) is 84.0 Å². The number of rotatable bonds is 0. The summed E-state index contributed by atoms with van der Waals surface area (Å²) in [7, 11) is 0. The molecule has 4 fully saturated rings. The number of benzene rings is 1. The molecule has 2 aliphatic heterocycles. The number of fused-ring (bicyclic) bond motifs is 4. The summed E-state index contributed by atoms with van der Waals surface area (Å²) in [4.78, 5) is 0. The van der Waals surface area contributed by atoms with Gasteiger partial charge in [0.2, 0.25) is 0 Å². The largest absolute Gasteiger partial charge is 0.508 e. The fraction of sp³-hybridized carbons (Fsp3) is 0.769. The van der Waals surface area contributed by atoms with Crippen LogP contribution in [0.2, 0.25) is 0 Å². The van der Waals surface area contributed by atoms with Crippen LogP contribution in [0.15, 0.2) is 18.2 Å². The van der Waals surface area contributed by atoms with E-state index >= 15 is 0 Å². The smallest absolute Gasteiger partial charge is 0.160 e. The monoisotopic (exact) mass is 412 g/mol. The van der Waals surface area contributed by atoms with Gasteiger partial charge in [-0.25, -0.2) is 0 Å². The van der Waals surface area contributed by atoms with Crippen molar-refractivity contribution in [3.05, 3.63) is 23.8 Å². The molecule has 0 aromatic heterocycles. The Hall–Kier alpha value is -1.26. The first-order valence-electron chi connectivity index (χ1n) is 12.0. The molecular weight excluding hydrogens is 376 g/mol. The summed E-state index contributed by atoms with van der Waals surface area (Å²) in [6.45, 7) is 7.85. The maximum absolute atomic E-state index is 10.8. The van der Waals surface area contributed by atoms with Crippen LogP contribution in [0.3, 0.4) is 0 Å². The SMILES string of the molecule is C[C@]12CCC[C@]3(CO[C@@H]1O)[C@H]1CC[C@]4(C)Oc5ccc(O)cc5CC4[C@]1(C)CC[C@@H]23. The van der Waals surface area contributed by atoms with Crippen LogP contribution in [0.25, 0.3) is 0 Å². The highest BCUT2D eigenvalue weighted by molar-refractivity contribution is 5.43. The average molecular weight is 413 g/mol. The number of hydrogen-bond acceptors (Lipinski definition) is 4. The molecule has 4 nitrogen and oxygen atoms in total. The van der Waals surface area contributed by atoms with Crippen molar-refractivity contribution in [3.63, 3.8) is 0 Å². The van der Waals surface area contributed by atoms with Crippen LogP contribution < -0.4 is 4.74 Å². The molecule has 0 spiro atoms. The lowest BCUT2D eigenvalue weighted by Gasteiger charge is -2.71. The van der Waals surface area contributed by atoms with Gasteiger partial charge in [-0.2, -0.15) is 0 Å². The molecule has 0 radical (unpaired) electrons. The predicted molar refractivity (Wildman–Crippen MR) is 114 cm³/mol. The van der Waals surface area contributed by atoms with Gasteiger partial charge in [0.1, 0.15) is 17.1 Å². The molecule has 4 heteroatoms. The molecule has 1 unspecified atom stereocenters. The second kappa shape index (κ2) is 5.95. The normalized spacial score (nSPS) is 51.6. The van der Waals surface area contributed by atoms with Crippen LogP contribution in [-0.2, 0) is 11.2 Å². The molecule has 5 aliphatic rings. The molecule has 2 heterocycles. The van der Waals surface area contributed by atoms with Crippen LogP contribution in [0.1, 0.15) is 71.3 Å². The van der Waals surface area contributed by atoms with Crippen molar-refractivity contribution in [2.24, 2.45) is 34.0 Å². The standard InChI is InChI=1S/C26H36O4/c1-23-11-7-20-24(2)9-4-10-26(20,15-29-22(24)28)19(23)8-12-25(3)21(23)14-16-13-17(27)5-6-18(16)30-25/h5-6,13,19-22,27-28H,4,7-12,14-15H2,1-3H3/t19-,20-,21?,22-,23+,24+,25-,26-/m0/s1. The van der Waals surface area contributed by atoms with Crippen molar-refractivity contribution < 1.29 is 19.7 Å². The van der Waals surface area contributed by atoms with E-state index in [4.69, 9.17) is 9.47 Å². The molecule has 1 aromatic rings. The molecular formula is C26H36O4. The van der Waals surface area contributed by atoms with Crippen molar-refractivity contribution in [1.29, 1.82) is 0 Å². The molecule has 8 atom stereocenters. The minimum atomic E-state index is -0.609. The molecule has 0 amide bonds. The number of aliphatic hydroxyl groups is 1.